The molecule has 2 atom stereocenters. The summed E-state index contributed by atoms with van der Waals surface area (Å²) in [7, 11) is 1.75. The first-order valence-electron chi connectivity index (χ1n) is 6.91. The van der Waals surface area contributed by atoms with Crippen molar-refractivity contribution in [2.45, 2.75) is 30.9 Å². The predicted octanol–water partition coefficient (Wildman–Crippen LogP) is 1.77. The summed E-state index contributed by atoms with van der Waals surface area (Å²) in [6.07, 6.45) is 2.92. The number of benzene rings is 1. The van der Waals surface area contributed by atoms with Gasteiger partial charge in [0.25, 0.3) is 0 Å². The predicted molar refractivity (Wildman–Crippen MR) is 72.3 cm³/mol. The van der Waals surface area contributed by atoms with Crippen LogP contribution in [0, 0.1) is 0 Å². The monoisotopic (exact) mass is 263 g/mol. The van der Waals surface area contributed by atoms with E-state index in [2.05, 4.69) is 11.4 Å². The van der Waals surface area contributed by atoms with Crippen molar-refractivity contribution in [3.05, 3.63) is 29.3 Å². The van der Waals surface area contributed by atoms with Gasteiger partial charge in [-0.1, -0.05) is 12.1 Å². The number of nitrogens with one attached hydrogen (secondary N) is 1. The molecular weight excluding hydrogens is 242 g/mol. The quantitative estimate of drug-likeness (QED) is 0.869. The van der Waals surface area contributed by atoms with E-state index in [1.54, 1.807) is 13.2 Å². The third-order valence-electron chi connectivity index (χ3n) is 4.42. The molecule has 0 amide bonds. The fraction of sp³-hybridized carbons (Fsp3) is 0.600. The van der Waals surface area contributed by atoms with E-state index in [4.69, 9.17) is 9.47 Å². The van der Waals surface area contributed by atoms with Crippen LogP contribution >= 0.6 is 0 Å². The number of rotatable bonds is 4. The van der Waals surface area contributed by atoms with Crippen LogP contribution in [0.25, 0.3) is 0 Å². The number of phenolic OH excluding ortho intramolecular Hbond substituents is 1. The average Bonchev–Trinajstić information content (AvgIpc) is 3.04. The maximum absolute atomic E-state index is 9.85. The molecule has 1 aromatic rings. The number of phenols is 1. The molecule has 1 aromatic carbocycles. The zero-order valence-corrected chi connectivity index (χ0v) is 11.3. The fourth-order valence-electron chi connectivity index (χ4n) is 3.12. The molecule has 1 aliphatic heterocycles. The van der Waals surface area contributed by atoms with Gasteiger partial charge in [-0.3, -0.25) is 0 Å². The lowest BCUT2D eigenvalue weighted by molar-refractivity contribution is -0.0175. The van der Waals surface area contributed by atoms with E-state index in [-0.39, 0.29) is 5.60 Å². The van der Waals surface area contributed by atoms with Gasteiger partial charge in [0, 0.05) is 32.7 Å². The molecule has 3 rings (SSSR count). The van der Waals surface area contributed by atoms with Gasteiger partial charge in [-0.25, -0.2) is 0 Å². The topological polar surface area (TPSA) is 50.7 Å². The first-order chi connectivity index (χ1) is 9.24. The highest BCUT2D eigenvalue weighted by molar-refractivity contribution is 5.44. The van der Waals surface area contributed by atoms with Crippen molar-refractivity contribution in [3.8, 4) is 5.75 Å². The third kappa shape index (κ3) is 2.36. The second-order valence-electron chi connectivity index (χ2n) is 5.51. The smallest absolute Gasteiger partial charge is 0.119 e. The first-order valence-corrected chi connectivity index (χ1v) is 6.91. The summed E-state index contributed by atoms with van der Waals surface area (Å²) in [6, 6.07) is 6.10. The standard InChI is InChI=1S/C15H21NO3/c1-18-15(7-8-19-10-15)9-16-13-6-5-12-11(13)3-2-4-14(12)17/h2-4,13,16-17H,5-10H2,1H3. The zero-order valence-electron chi connectivity index (χ0n) is 11.3. The van der Waals surface area contributed by atoms with Gasteiger partial charge in [0.05, 0.1) is 6.61 Å². The number of hydrogen-bond acceptors (Lipinski definition) is 4. The maximum Gasteiger partial charge on any atom is 0.119 e. The molecule has 2 N–H and O–H groups in total. The van der Waals surface area contributed by atoms with Crippen LogP contribution in [0.3, 0.4) is 0 Å². The van der Waals surface area contributed by atoms with Gasteiger partial charge in [0.15, 0.2) is 0 Å². The average molecular weight is 263 g/mol. The zero-order chi connectivity index (χ0) is 13.3. The van der Waals surface area contributed by atoms with Crippen molar-refractivity contribution >= 4 is 0 Å². The molecule has 0 spiro atoms. The Morgan fingerprint density at radius 2 is 2.42 bits per heavy atom. The number of hydrogen-bond donors (Lipinski definition) is 2. The molecule has 4 heteroatoms. The summed E-state index contributed by atoms with van der Waals surface area (Å²) in [5, 5.41) is 13.4. The van der Waals surface area contributed by atoms with E-state index >= 15 is 0 Å². The van der Waals surface area contributed by atoms with Crippen LogP contribution in [-0.4, -0.2) is 37.6 Å². The van der Waals surface area contributed by atoms with Gasteiger partial charge >= 0.3 is 0 Å². The van der Waals surface area contributed by atoms with Crippen molar-refractivity contribution in [2.24, 2.45) is 0 Å². The highest BCUT2D eigenvalue weighted by atomic mass is 16.5. The van der Waals surface area contributed by atoms with Crippen LogP contribution in [0.15, 0.2) is 18.2 Å². The Labute approximate surface area is 113 Å². The summed E-state index contributed by atoms with van der Waals surface area (Å²) in [6.45, 7) is 2.23. The number of ether oxygens (including phenoxy) is 2. The molecule has 1 aliphatic carbocycles. The Bertz CT molecular complexity index is 455. The molecule has 1 saturated heterocycles. The van der Waals surface area contributed by atoms with Crippen LogP contribution in [0.4, 0.5) is 0 Å². The lowest BCUT2D eigenvalue weighted by atomic mass is 10.0. The molecule has 0 bridgehead atoms. The molecule has 1 heterocycles. The van der Waals surface area contributed by atoms with Gasteiger partial charge in [-0.2, -0.15) is 0 Å². The van der Waals surface area contributed by atoms with Crippen molar-refractivity contribution in [2.75, 3.05) is 26.9 Å². The highest BCUT2D eigenvalue weighted by Crippen LogP contribution is 2.36. The fourth-order valence-corrected chi connectivity index (χ4v) is 3.12. The Morgan fingerprint density at radius 1 is 1.53 bits per heavy atom. The van der Waals surface area contributed by atoms with E-state index in [9.17, 15) is 5.11 Å². The molecule has 0 aromatic heterocycles. The van der Waals surface area contributed by atoms with E-state index in [0.717, 1.165) is 38.0 Å². The lowest BCUT2D eigenvalue weighted by Crippen LogP contribution is -2.43. The van der Waals surface area contributed by atoms with Crippen molar-refractivity contribution in [1.29, 1.82) is 0 Å². The van der Waals surface area contributed by atoms with E-state index in [1.165, 1.54) is 5.56 Å². The SMILES string of the molecule is COC1(CNC2CCc3c(O)cccc32)CCOC1. The van der Waals surface area contributed by atoms with Gasteiger partial charge in [-0.15, -0.1) is 0 Å². The molecule has 19 heavy (non-hydrogen) atoms. The van der Waals surface area contributed by atoms with Gasteiger partial charge < -0.3 is 19.9 Å². The lowest BCUT2D eigenvalue weighted by Gasteiger charge is -2.28. The Morgan fingerprint density at radius 3 is 3.16 bits per heavy atom. The molecular formula is C15H21NO3. The Hall–Kier alpha value is -1.10. The Balaban J connectivity index is 1.68. The summed E-state index contributed by atoms with van der Waals surface area (Å²) < 4.78 is 11.1. The summed E-state index contributed by atoms with van der Waals surface area (Å²) in [5.41, 5.74) is 2.14. The second kappa shape index (κ2) is 5.12. The maximum atomic E-state index is 9.85. The molecule has 1 fully saturated rings. The number of methoxy groups -OCH3 is 1. The molecule has 0 radical (unpaired) electrons. The highest BCUT2D eigenvalue weighted by Gasteiger charge is 2.36. The van der Waals surface area contributed by atoms with E-state index < -0.39 is 0 Å². The molecule has 0 saturated carbocycles. The van der Waals surface area contributed by atoms with Crippen molar-refractivity contribution in [3.63, 3.8) is 0 Å². The molecule has 4 nitrogen and oxygen atoms in total. The minimum absolute atomic E-state index is 0.181. The first kappa shape index (κ1) is 12.9. The second-order valence-corrected chi connectivity index (χ2v) is 5.51. The van der Waals surface area contributed by atoms with Crippen LogP contribution in [0.2, 0.25) is 0 Å². The van der Waals surface area contributed by atoms with Crippen LogP contribution in [-0.2, 0) is 15.9 Å². The van der Waals surface area contributed by atoms with Crippen LogP contribution in [0.1, 0.15) is 30.0 Å². The largest absolute Gasteiger partial charge is 0.508 e. The van der Waals surface area contributed by atoms with Gasteiger partial charge in [-0.05, 0) is 30.0 Å². The van der Waals surface area contributed by atoms with Crippen LogP contribution < -0.4 is 5.32 Å². The minimum Gasteiger partial charge on any atom is -0.508 e. The Kier molecular flexibility index (Phi) is 3.48. The van der Waals surface area contributed by atoms with Gasteiger partial charge in [0.1, 0.15) is 11.4 Å². The number of fused-ring (bicyclic) bond motifs is 1. The third-order valence-corrected chi connectivity index (χ3v) is 4.42. The van der Waals surface area contributed by atoms with Crippen LogP contribution in [0.5, 0.6) is 5.75 Å². The van der Waals surface area contributed by atoms with Crippen molar-refractivity contribution in [1.82, 2.24) is 5.32 Å². The summed E-state index contributed by atoms with van der Waals surface area (Å²) in [5.74, 6) is 0.424. The normalized spacial score (nSPS) is 29.6. The molecule has 2 aliphatic rings. The summed E-state index contributed by atoms with van der Waals surface area (Å²) >= 11 is 0. The van der Waals surface area contributed by atoms with Crippen molar-refractivity contribution < 1.29 is 14.6 Å². The molecule has 2 unspecified atom stereocenters. The number of aromatic hydroxyl groups is 1. The van der Waals surface area contributed by atoms with Gasteiger partial charge in [0.2, 0.25) is 0 Å². The minimum atomic E-state index is -0.181. The summed E-state index contributed by atoms with van der Waals surface area (Å²) in [4.78, 5) is 0. The van der Waals surface area contributed by atoms with E-state index in [0.29, 0.717) is 18.4 Å². The van der Waals surface area contributed by atoms with E-state index in [1.807, 2.05) is 6.07 Å². The molecule has 104 valence electrons.